The molecule has 0 saturated heterocycles. The molecular weight excluding hydrogens is 291 g/mol. The Balaban J connectivity index is 1.81. The highest BCUT2D eigenvalue weighted by atomic mass is 19.1. The average Bonchev–Trinajstić information content (AvgIpc) is 2.57. The van der Waals surface area contributed by atoms with Gasteiger partial charge >= 0.3 is 0 Å². The second-order valence-electron chi connectivity index (χ2n) is 5.50. The summed E-state index contributed by atoms with van der Waals surface area (Å²) in [4.78, 5) is 11.9. The first-order valence-electron chi connectivity index (χ1n) is 8.02. The van der Waals surface area contributed by atoms with E-state index < -0.39 is 0 Å². The predicted molar refractivity (Wildman–Crippen MR) is 90.6 cm³/mol. The minimum Gasteiger partial charge on any atom is -0.352 e. The van der Waals surface area contributed by atoms with Gasteiger partial charge in [0.15, 0.2) is 0 Å². The van der Waals surface area contributed by atoms with E-state index in [0.29, 0.717) is 30.8 Å². The van der Waals surface area contributed by atoms with Crippen LogP contribution in [0.5, 0.6) is 0 Å². The maximum absolute atomic E-state index is 13.5. The second-order valence-corrected chi connectivity index (χ2v) is 5.50. The molecule has 0 aliphatic carbocycles. The van der Waals surface area contributed by atoms with Gasteiger partial charge in [-0.3, -0.25) is 4.79 Å². The van der Waals surface area contributed by atoms with Gasteiger partial charge < -0.3 is 10.6 Å². The summed E-state index contributed by atoms with van der Waals surface area (Å²) < 4.78 is 13.5. The molecule has 4 heteroatoms. The summed E-state index contributed by atoms with van der Waals surface area (Å²) in [7, 11) is 0. The SMILES string of the molecule is CCCCNC(=O)c1ccc(CNCc2ccccc2F)cc1. The molecule has 0 radical (unpaired) electrons. The van der Waals surface area contributed by atoms with Crippen molar-refractivity contribution in [3.05, 3.63) is 71.0 Å². The summed E-state index contributed by atoms with van der Waals surface area (Å²) in [6.45, 7) is 3.91. The lowest BCUT2D eigenvalue weighted by Crippen LogP contribution is -2.24. The van der Waals surface area contributed by atoms with Crippen molar-refractivity contribution in [2.24, 2.45) is 0 Å². The first-order valence-corrected chi connectivity index (χ1v) is 8.02. The Morgan fingerprint density at radius 3 is 2.48 bits per heavy atom. The number of amides is 1. The Kier molecular flexibility index (Phi) is 6.76. The lowest BCUT2D eigenvalue weighted by molar-refractivity contribution is 0.0953. The summed E-state index contributed by atoms with van der Waals surface area (Å²) in [6.07, 6.45) is 2.05. The molecule has 0 unspecified atom stereocenters. The van der Waals surface area contributed by atoms with E-state index in [1.807, 2.05) is 30.3 Å². The van der Waals surface area contributed by atoms with E-state index in [4.69, 9.17) is 0 Å². The lowest BCUT2D eigenvalue weighted by atomic mass is 10.1. The number of unbranched alkanes of at least 4 members (excludes halogenated alkanes) is 1. The molecule has 2 aromatic carbocycles. The Morgan fingerprint density at radius 1 is 1.04 bits per heavy atom. The van der Waals surface area contributed by atoms with Crippen LogP contribution in [0.15, 0.2) is 48.5 Å². The highest BCUT2D eigenvalue weighted by Crippen LogP contribution is 2.08. The molecule has 0 spiro atoms. The second kappa shape index (κ2) is 9.06. The van der Waals surface area contributed by atoms with Crippen molar-refractivity contribution in [2.45, 2.75) is 32.9 Å². The van der Waals surface area contributed by atoms with Crippen molar-refractivity contribution in [1.82, 2.24) is 10.6 Å². The normalized spacial score (nSPS) is 10.5. The number of halogens is 1. The predicted octanol–water partition coefficient (Wildman–Crippen LogP) is 3.65. The van der Waals surface area contributed by atoms with Crippen LogP contribution >= 0.6 is 0 Å². The first-order chi connectivity index (χ1) is 11.2. The first kappa shape index (κ1) is 17.2. The van der Waals surface area contributed by atoms with Crippen molar-refractivity contribution in [3.8, 4) is 0 Å². The van der Waals surface area contributed by atoms with E-state index in [2.05, 4.69) is 17.6 Å². The quantitative estimate of drug-likeness (QED) is 0.730. The van der Waals surface area contributed by atoms with Crippen LogP contribution in [-0.4, -0.2) is 12.5 Å². The Morgan fingerprint density at radius 2 is 1.78 bits per heavy atom. The standard InChI is InChI=1S/C19H23FN2O/c1-2-3-12-22-19(23)16-10-8-15(9-11-16)13-21-14-17-6-4-5-7-18(17)20/h4-11,21H,2-3,12-14H2,1H3,(H,22,23). The van der Waals surface area contributed by atoms with E-state index in [0.717, 1.165) is 18.4 Å². The molecule has 0 atom stereocenters. The Bertz CT molecular complexity index is 626. The number of benzene rings is 2. The largest absolute Gasteiger partial charge is 0.352 e. The van der Waals surface area contributed by atoms with E-state index in [1.165, 1.54) is 6.07 Å². The molecule has 122 valence electrons. The third-order valence-corrected chi connectivity index (χ3v) is 3.63. The number of rotatable bonds is 8. The molecule has 0 fully saturated rings. The van der Waals surface area contributed by atoms with Crippen LogP contribution in [-0.2, 0) is 13.1 Å². The molecule has 3 nitrogen and oxygen atoms in total. The third kappa shape index (κ3) is 5.49. The number of carbonyl (C=O) groups excluding carboxylic acids is 1. The van der Waals surface area contributed by atoms with Crippen LogP contribution < -0.4 is 10.6 Å². The fourth-order valence-electron chi connectivity index (χ4n) is 2.24. The summed E-state index contributed by atoms with van der Waals surface area (Å²) in [5.41, 5.74) is 2.38. The monoisotopic (exact) mass is 314 g/mol. The van der Waals surface area contributed by atoms with Crippen LogP contribution in [0.2, 0.25) is 0 Å². The third-order valence-electron chi connectivity index (χ3n) is 3.63. The minimum atomic E-state index is -0.195. The molecule has 1 amide bonds. The van der Waals surface area contributed by atoms with Crippen LogP contribution in [0.3, 0.4) is 0 Å². The van der Waals surface area contributed by atoms with Gasteiger partial charge in [-0.15, -0.1) is 0 Å². The number of hydrogen-bond donors (Lipinski definition) is 2. The van der Waals surface area contributed by atoms with Crippen LogP contribution in [0, 0.1) is 5.82 Å². The zero-order chi connectivity index (χ0) is 16.5. The minimum absolute atomic E-state index is 0.0377. The summed E-state index contributed by atoms with van der Waals surface area (Å²) in [5.74, 6) is -0.233. The van der Waals surface area contributed by atoms with E-state index in [-0.39, 0.29) is 11.7 Å². The molecule has 2 rings (SSSR count). The van der Waals surface area contributed by atoms with Crippen LogP contribution in [0.1, 0.15) is 41.3 Å². The van der Waals surface area contributed by atoms with E-state index in [9.17, 15) is 9.18 Å². The van der Waals surface area contributed by atoms with Gasteiger partial charge in [-0.2, -0.15) is 0 Å². The maximum atomic E-state index is 13.5. The van der Waals surface area contributed by atoms with Gasteiger partial charge in [-0.1, -0.05) is 43.7 Å². The van der Waals surface area contributed by atoms with Gasteiger partial charge in [0.25, 0.3) is 5.91 Å². The van der Waals surface area contributed by atoms with Crippen molar-refractivity contribution in [1.29, 1.82) is 0 Å². The van der Waals surface area contributed by atoms with Gasteiger partial charge in [0, 0.05) is 30.8 Å². The van der Waals surface area contributed by atoms with E-state index >= 15 is 0 Å². The molecule has 23 heavy (non-hydrogen) atoms. The zero-order valence-corrected chi connectivity index (χ0v) is 13.4. The van der Waals surface area contributed by atoms with Crippen molar-refractivity contribution >= 4 is 5.91 Å². The smallest absolute Gasteiger partial charge is 0.251 e. The Hall–Kier alpha value is -2.20. The average molecular weight is 314 g/mol. The summed E-state index contributed by atoms with van der Waals surface area (Å²) >= 11 is 0. The number of carbonyl (C=O) groups is 1. The maximum Gasteiger partial charge on any atom is 0.251 e. The van der Waals surface area contributed by atoms with Crippen LogP contribution in [0.4, 0.5) is 4.39 Å². The summed E-state index contributed by atoms with van der Waals surface area (Å²) in [5, 5.41) is 6.10. The highest BCUT2D eigenvalue weighted by Gasteiger charge is 2.04. The van der Waals surface area contributed by atoms with Gasteiger partial charge in [0.05, 0.1) is 0 Å². The fraction of sp³-hybridized carbons (Fsp3) is 0.316. The zero-order valence-electron chi connectivity index (χ0n) is 13.4. The molecule has 0 bridgehead atoms. The molecule has 2 N–H and O–H groups in total. The number of nitrogens with one attached hydrogen (secondary N) is 2. The molecule has 2 aromatic rings. The van der Waals surface area contributed by atoms with Crippen molar-refractivity contribution in [3.63, 3.8) is 0 Å². The van der Waals surface area contributed by atoms with E-state index in [1.54, 1.807) is 12.1 Å². The number of hydrogen-bond acceptors (Lipinski definition) is 2. The van der Waals surface area contributed by atoms with Gasteiger partial charge in [-0.05, 0) is 30.2 Å². The van der Waals surface area contributed by atoms with Crippen molar-refractivity contribution in [2.75, 3.05) is 6.54 Å². The topological polar surface area (TPSA) is 41.1 Å². The lowest BCUT2D eigenvalue weighted by Gasteiger charge is -2.08. The molecule has 0 heterocycles. The highest BCUT2D eigenvalue weighted by molar-refractivity contribution is 5.94. The molecule has 0 aliphatic heterocycles. The van der Waals surface area contributed by atoms with Gasteiger partial charge in [-0.25, -0.2) is 4.39 Å². The molecule has 0 aromatic heterocycles. The molecular formula is C19H23FN2O. The van der Waals surface area contributed by atoms with Gasteiger partial charge in [0.1, 0.15) is 5.82 Å². The Labute approximate surface area is 136 Å². The molecule has 0 aliphatic rings. The summed E-state index contributed by atoms with van der Waals surface area (Å²) in [6, 6.07) is 14.2. The fourth-order valence-corrected chi connectivity index (χ4v) is 2.24. The van der Waals surface area contributed by atoms with Crippen LogP contribution in [0.25, 0.3) is 0 Å². The van der Waals surface area contributed by atoms with Gasteiger partial charge in [0.2, 0.25) is 0 Å². The molecule has 0 saturated carbocycles. The van der Waals surface area contributed by atoms with Crippen molar-refractivity contribution < 1.29 is 9.18 Å².